The van der Waals surface area contributed by atoms with Gasteiger partial charge in [0.2, 0.25) is 0 Å². The highest BCUT2D eigenvalue weighted by atomic mass is 127. The summed E-state index contributed by atoms with van der Waals surface area (Å²) in [6, 6.07) is 10.5. The van der Waals surface area contributed by atoms with Gasteiger partial charge in [0.05, 0.1) is 11.1 Å². The Morgan fingerprint density at radius 2 is 1.65 bits per heavy atom. The van der Waals surface area contributed by atoms with Gasteiger partial charge in [0.15, 0.2) is 5.78 Å². The number of rotatable bonds is 4. The summed E-state index contributed by atoms with van der Waals surface area (Å²) in [6.45, 7) is 0.0125. The molecule has 2 aromatic carbocycles. The number of nitrogens with zero attached hydrogens (tertiary/aromatic N) is 1. The number of hydrogen-bond donors (Lipinski definition) is 0. The van der Waals surface area contributed by atoms with Gasteiger partial charge in [0, 0.05) is 22.1 Å². The summed E-state index contributed by atoms with van der Waals surface area (Å²) in [4.78, 5) is 37.7. The van der Waals surface area contributed by atoms with Crippen LogP contribution < -0.4 is 0 Å². The van der Waals surface area contributed by atoms with Gasteiger partial charge in [-0.15, -0.1) is 0 Å². The third kappa shape index (κ3) is 2.90. The topological polar surface area (TPSA) is 54.5 Å². The molecule has 0 aliphatic carbocycles. The molecule has 0 saturated heterocycles. The summed E-state index contributed by atoms with van der Waals surface area (Å²) in [7, 11) is 0. The number of halogens is 2. The van der Waals surface area contributed by atoms with Crippen LogP contribution in [-0.2, 0) is 0 Å². The third-order valence-corrected chi connectivity index (χ3v) is 4.56. The fourth-order valence-electron chi connectivity index (χ4n) is 2.51. The molecular formula is C17H11FINO3. The molecule has 2 aromatic rings. The van der Waals surface area contributed by atoms with Crippen molar-refractivity contribution in [3.8, 4) is 0 Å². The maximum atomic E-state index is 13.1. The lowest BCUT2D eigenvalue weighted by Crippen LogP contribution is -2.32. The normalized spacial score (nSPS) is 13.4. The molecule has 1 heterocycles. The number of carbonyl (C=O) groups excluding carboxylic acids is 3. The Kier molecular flexibility index (Phi) is 4.25. The standard InChI is InChI=1S/C17H11FINO3/c18-10-5-6-13(14(19)9-10)15(21)7-8-20-16(22)11-3-1-2-4-12(11)17(20)23/h1-6,9H,7-8H2. The number of carbonyl (C=O) groups is 3. The molecule has 23 heavy (non-hydrogen) atoms. The average Bonchev–Trinajstić information content (AvgIpc) is 2.77. The van der Waals surface area contributed by atoms with Crippen molar-refractivity contribution in [1.29, 1.82) is 0 Å². The predicted molar refractivity (Wildman–Crippen MR) is 89.9 cm³/mol. The maximum absolute atomic E-state index is 13.1. The molecule has 116 valence electrons. The van der Waals surface area contributed by atoms with Crippen molar-refractivity contribution in [3.63, 3.8) is 0 Å². The first-order chi connectivity index (χ1) is 11.0. The fourth-order valence-corrected chi connectivity index (χ4v) is 3.28. The van der Waals surface area contributed by atoms with Crippen molar-refractivity contribution in [2.75, 3.05) is 6.54 Å². The van der Waals surface area contributed by atoms with Crippen molar-refractivity contribution in [3.05, 3.63) is 68.5 Å². The first-order valence-electron chi connectivity index (χ1n) is 6.92. The molecule has 0 aromatic heterocycles. The summed E-state index contributed by atoms with van der Waals surface area (Å²) in [6.07, 6.45) is 0.00705. The summed E-state index contributed by atoms with van der Waals surface area (Å²) in [5, 5.41) is 0. The molecule has 0 saturated carbocycles. The van der Waals surface area contributed by atoms with E-state index in [-0.39, 0.29) is 30.6 Å². The summed E-state index contributed by atoms with van der Waals surface area (Å²) >= 11 is 1.89. The molecule has 2 amide bonds. The Hall–Kier alpha value is -2.09. The van der Waals surface area contributed by atoms with Crippen molar-refractivity contribution in [1.82, 2.24) is 4.90 Å². The molecule has 0 spiro atoms. The molecular weight excluding hydrogens is 412 g/mol. The molecule has 0 radical (unpaired) electrons. The summed E-state index contributed by atoms with van der Waals surface area (Å²) in [5.74, 6) is -1.41. The van der Waals surface area contributed by atoms with E-state index in [1.807, 2.05) is 22.6 Å². The van der Waals surface area contributed by atoms with Crippen LogP contribution in [0.1, 0.15) is 37.5 Å². The number of fused-ring (bicyclic) bond motifs is 1. The highest BCUT2D eigenvalue weighted by molar-refractivity contribution is 14.1. The predicted octanol–water partition coefficient (Wildman–Crippen LogP) is 3.30. The van der Waals surface area contributed by atoms with Crippen LogP contribution in [-0.4, -0.2) is 29.0 Å². The smallest absolute Gasteiger partial charge is 0.261 e. The number of imide groups is 1. The molecule has 0 unspecified atom stereocenters. The average molecular weight is 423 g/mol. The zero-order valence-corrected chi connectivity index (χ0v) is 14.0. The second-order valence-electron chi connectivity index (χ2n) is 5.10. The van der Waals surface area contributed by atoms with E-state index in [2.05, 4.69) is 0 Å². The SMILES string of the molecule is O=C(CCN1C(=O)c2ccccc2C1=O)c1ccc(F)cc1I. The van der Waals surface area contributed by atoms with Crippen LogP contribution in [0.5, 0.6) is 0 Å². The van der Waals surface area contributed by atoms with Gasteiger partial charge < -0.3 is 0 Å². The lowest BCUT2D eigenvalue weighted by Gasteiger charge is -2.13. The van der Waals surface area contributed by atoms with Crippen LogP contribution in [0.3, 0.4) is 0 Å². The number of Topliss-reactive ketones (excluding diaryl/α,β-unsaturated/α-hetero) is 1. The Labute approximate surface area is 145 Å². The Balaban J connectivity index is 1.73. The second kappa shape index (κ2) is 6.19. The largest absolute Gasteiger partial charge is 0.294 e. The van der Waals surface area contributed by atoms with E-state index < -0.39 is 5.82 Å². The zero-order valence-electron chi connectivity index (χ0n) is 11.9. The molecule has 1 aliphatic heterocycles. The van der Waals surface area contributed by atoms with Crippen LogP contribution in [0.25, 0.3) is 0 Å². The number of benzene rings is 2. The Morgan fingerprint density at radius 1 is 1.04 bits per heavy atom. The second-order valence-corrected chi connectivity index (χ2v) is 6.27. The van der Waals surface area contributed by atoms with Crippen molar-refractivity contribution in [2.45, 2.75) is 6.42 Å². The van der Waals surface area contributed by atoms with Crippen molar-refractivity contribution >= 4 is 40.2 Å². The molecule has 0 fully saturated rings. The lowest BCUT2D eigenvalue weighted by molar-refractivity contribution is 0.0649. The number of ketones is 1. The highest BCUT2D eigenvalue weighted by Gasteiger charge is 2.35. The van der Waals surface area contributed by atoms with E-state index >= 15 is 0 Å². The van der Waals surface area contributed by atoms with E-state index in [0.717, 1.165) is 4.90 Å². The van der Waals surface area contributed by atoms with Crippen LogP contribution >= 0.6 is 22.6 Å². The van der Waals surface area contributed by atoms with Crippen LogP contribution in [0.2, 0.25) is 0 Å². The minimum atomic E-state index is -0.411. The van der Waals surface area contributed by atoms with Crippen molar-refractivity contribution < 1.29 is 18.8 Å². The Bertz CT molecular complexity index is 799. The first-order valence-corrected chi connectivity index (χ1v) is 8.00. The van der Waals surface area contributed by atoms with E-state index in [0.29, 0.717) is 20.3 Å². The minimum Gasteiger partial charge on any atom is -0.294 e. The molecule has 1 aliphatic rings. The van der Waals surface area contributed by atoms with Gasteiger partial charge in [0.25, 0.3) is 11.8 Å². The summed E-state index contributed by atoms with van der Waals surface area (Å²) in [5.41, 5.74) is 1.12. The third-order valence-electron chi connectivity index (χ3n) is 3.67. The summed E-state index contributed by atoms with van der Waals surface area (Å²) < 4.78 is 13.6. The monoisotopic (exact) mass is 423 g/mol. The van der Waals surface area contributed by atoms with Gasteiger partial charge >= 0.3 is 0 Å². The van der Waals surface area contributed by atoms with E-state index in [4.69, 9.17) is 0 Å². The van der Waals surface area contributed by atoms with Gasteiger partial charge in [0.1, 0.15) is 5.82 Å². The molecule has 0 bridgehead atoms. The first kappa shape index (κ1) is 15.8. The quantitative estimate of drug-likeness (QED) is 0.431. The highest BCUT2D eigenvalue weighted by Crippen LogP contribution is 2.23. The van der Waals surface area contributed by atoms with Crippen molar-refractivity contribution in [2.24, 2.45) is 0 Å². The van der Waals surface area contributed by atoms with Gasteiger partial charge in [-0.1, -0.05) is 12.1 Å². The zero-order chi connectivity index (χ0) is 16.6. The van der Waals surface area contributed by atoms with Gasteiger partial charge in [-0.3, -0.25) is 19.3 Å². The van der Waals surface area contributed by atoms with E-state index in [1.165, 1.54) is 18.2 Å². The van der Waals surface area contributed by atoms with E-state index in [9.17, 15) is 18.8 Å². The van der Waals surface area contributed by atoms with Crippen LogP contribution in [0.4, 0.5) is 4.39 Å². The van der Waals surface area contributed by atoms with Crippen LogP contribution in [0.15, 0.2) is 42.5 Å². The minimum absolute atomic E-state index is 0.00705. The molecule has 0 atom stereocenters. The van der Waals surface area contributed by atoms with Gasteiger partial charge in [-0.05, 0) is 52.9 Å². The number of hydrogen-bond acceptors (Lipinski definition) is 3. The maximum Gasteiger partial charge on any atom is 0.261 e. The number of amides is 2. The fraction of sp³-hybridized carbons (Fsp3) is 0.118. The van der Waals surface area contributed by atoms with Gasteiger partial charge in [-0.2, -0.15) is 0 Å². The van der Waals surface area contributed by atoms with Gasteiger partial charge in [-0.25, -0.2) is 4.39 Å². The lowest BCUT2D eigenvalue weighted by atomic mass is 10.1. The Morgan fingerprint density at radius 3 is 2.22 bits per heavy atom. The molecule has 0 N–H and O–H groups in total. The van der Waals surface area contributed by atoms with Crippen LogP contribution in [0, 0.1) is 9.39 Å². The molecule has 3 rings (SSSR count). The van der Waals surface area contributed by atoms with E-state index in [1.54, 1.807) is 24.3 Å². The molecule has 4 nitrogen and oxygen atoms in total. The molecule has 6 heteroatoms.